The molecule has 0 saturated carbocycles. The molecular weight excluding hydrogens is 302 g/mol. The van der Waals surface area contributed by atoms with Crippen LogP contribution < -0.4 is 5.32 Å². The second-order valence-electron chi connectivity index (χ2n) is 5.76. The maximum absolute atomic E-state index is 11.8. The molecule has 0 fully saturated rings. The lowest BCUT2D eigenvalue weighted by atomic mass is 9.98. The Bertz CT molecular complexity index is 640. The topological polar surface area (TPSA) is 55.4 Å². The lowest BCUT2D eigenvalue weighted by molar-refractivity contribution is -0.148. The summed E-state index contributed by atoms with van der Waals surface area (Å²) in [7, 11) is 0. The van der Waals surface area contributed by atoms with Gasteiger partial charge < -0.3 is 10.1 Å². The molecule has 2 aromatic carbocycles. The molecule has 1 amide bonds. The van der Waals surface area contributed by atoms with E-state index in [9.17, 15) is 9.59 Å². The normalized spacial score (nSPS) is 11.5. The number of rotatable bonds is 8. The van der Waals surface area contributed by atoms with Crippen molar-refractivity contribution in [2.45, 2.75) is 25.7 Å². The monoisotopic (exact) mass is 325 g/mol. The number of benzene rings is 2. The fraction of sp³-hybridized carbons (Fsp3) is 0.300. The molecule has 4 nitrogen and oxygen atoms in total. The van der Waals surface area contributed by atoms with E-state index in [1.54, 1.807) is 0 Å². The van der Waals surface area contributed by atoms with Crippen LogP contribution in [0.25, 0.3) is 0 Å². The average molecular weight is 325 g/mol. The summed E-state index contributed by atoms with van der Waals surface area (Å²) in [6.45, 7) is 2.27. The van der Waals surface area contributed by atoms with Crippen molar-refractivity contribution in [3.63, 3.8) is 0 Å². The Morgan fingerprint density at radius 2 is 1.62 bits per heavy atom. The predicted molar refractivity (Wildman–Crippen MR) is 93.6 cm³/mol. The molecule has 4 heteroatoms. The number of hydrogen-bond donors (Lipinski definition) is 1. The number of nitrogens with one attached hydrogen (secondary N) is 1. The van der Waals surface area contributed by atoms with Gasteiger partial charge in [0.15, 0.2) is 6.61 Å². The quantitative estimate of drug-likeness (QED) is 0.759. The van der Waals surface area contributed by atoms with Gasteiger partial charge in [-0.25, -0.2) is 0 Å². The van der Waals surface area contributed by atoms with Crippen molar-refractivity contribution >= 4 is 11.9 Å². The number of ether oxygens (including phenoxy) is 1. The standard InChI is InChI=1S/C20H23NO3/c1-16(18-10-6-3-7-11-18)14-20(23)24-15-19(22)21-13-12-17-8-4-2-5-9-17/h2-11,16H,12-15H2,1H3,(H,21,22). The van der Waals surface area contributed by atoms with Crippen LogP contribution in [0.4, 0.5) is 0 Å². The molecule has 0 radical (unpaired) electrons. The van der Waals surface area contributed by atoms with Crippen LogP contribution in [-0.2, 0) is 20.7 Å². The van der Waals surface area contributed by atoms with E-state index in [2.05, 4.69) is 5.32 Å². The molecule has 2 aromatic rings. The number of carbonyl (C=O) groups is 2. The van der Waals surface area contributed by atoms with Crippen molar-refractivity contribution in [3.8, 4) is 0 Å². The Morgan fingerprint density at radius 1 is 1.00 bits per heavy atom. The Kier molecular flexibility index (Phi) is 7.02. The molecule has 2 rings (SSSR count). The van der Waals surface area contributed by atoms with E-state index in [-0.39, 0.29) is 30.8 Å². The van der Waals surface area contributed by atoms with Gasteiger partial charge in [0.05, 0.1) is 6.42 Å². The van der Waals surface area contributed by atoms with Crippen LogP contribution in [0.3, 0.4) is 0 Å². The largest absolute Gasteiger partial charge is 0.456 e. The third-order valence-electron chi connectivity index (χ3n) is 3.78. The van der Waals surface area contributed by atoms with E-state index >= 15 is 0 Å². The molecular formula is C20H23NO3. The molecule has 0 aliphatic carbocycles. The second kappa shape index (κ2) is 9.50. The van der Waals surface area contributed by atoms with E-state index in [0.717, 1.165) is 17.5 Å². The fourth-order valence-electron chi connectivity index (χ4n) is 2.40. The van der Waals surface area contributed by atoms with Gasteiger partial charge in [0.25, 0.3) is 5.91 Å². The molecule has 0 aromatic heterocycles. The van der Waals surface area contributed by atoms with Gasteiger partial charge in [0.2, 0.25) is 0 Å². The highest BCUT2D eigenvalue weighted by molar-refractivity contribution is 5.80. The summed E-state index contributed by atoms with van der Waals surface area (Å²) >= 11 is 0. The Balaban J connectivity index is 1.63. The van der Waals surface area contributed by atoms with Crippen molar-refractivity contribution in [1.82, 2.24) is 5.32 Å². The minimum Gasteiger partial charge on any atom is -0.456 e. The first-order valence-electron chi connectivity index (χ1n) is 8.16. The molecule has 0 aliphatic rings. The van der Waals surface area contributed by atoms with Crippen molar-refractivity contribution in [2.75, 3.05) is 13.2 Å². The summed E-state index contributed by atoms with van der Waals surface area (Å²) in [4.78, 5) is 23.5. The summed E-state index contributed by atoms with van der Waals surface area (Å²) in [5, 5.41) is 2.76. The zero-order chi connectivity index (χ0) is 17.2. The maximum Gasteiger partial charge on any atom is 0.306 e. The summed E-state index contributed by atoms with van der Waals surface area (Å²) in [6.07, 6.45) is 1.02. The van der Waals surface area contributed by atoms with Crippen molar-refractivity contribution in [1.29, 1.82) is 0 Å². The SMILES string of the molecule is CC(CC(=O)OCC(=O)NCCc1ccccc1)c1ccccc1. The van der Waals surface area contributed by atoms with E-state index in [1.165, 1.54) is 0 Å². The van der Waals surface area contributed by atoms with Crippen LogP contribution in [0.1, 0.15) is 30.4 Å². The highest BCUT2D eigenvalue weighted by atomic mass is 16.5. The van der Waals surface area contributed by atoms with Crippen LogP contribution in [0, 0.1) is 0 Å². The van der Waals surface area contributed by atoms with Crippen LogP contribution in [0.2, 0.25) is 0 Å². The molecule has 126 valence electrons. The highest BCUT2D eigenvalue weighted by Crippen LogP contribution is 2.18. The summed E-state index contributed by atoms with van der Waals surface area (Å²) in [5.74, 6) is -0.559. The van der Waals surface area contributed by atoms with Crippen molar-refractivity contribution in [2.24, 2.45) is 0 Å². The van der Waals surface area contributed by atoms with Gasteiger partial charge in [0, 0.05) is 6.54 Å². The molecule has 0 heterocycles. The van der Waals surface area contributed by atoms with E-state index in [1.807, 2.05) is 67.6 Å². The van der Waals surface area contributed by atoms with E-state index < -0.39 is 0 Å². The van der Waals surface area contributed by atoms with Gasteiger partial charge in [0.1, 0.15) is 0 Å². The third-order valence-corrected chi connectivity index (χ3v) is 3.78. The molecule has 1 unspecified atom stereocenters. The third kappa shape index (κ3) is 6.24. The van der Waals surface area contributed by atoms with Crippen LogP contribution >= 0.6 is 0 Å². The molecule has 1 N–H and O–H groups in total. The predicted octanol–water partition coefficient (Wildman–Crippen LogP) is 3.08. The fourth-order valence-corrected chi connectivity index (χ4v) is 2.40. The number of amides is 1. The highest BCUT2D eigenvalue weighted by Gasteiger charge is 2.13. The molecule has 0 spiro atoms. The lowest BCUT2D eigenvalue weighted by Gasteiger charge is -2.11. The first-order valence-corrected chi connectivity index (χ1v) is 8.16. The molecule has 0 saturated heterocycles. The second-order valence-corrected chi connectivity index (χ2v) is 5.76. The van der Waals surface area contributed by atoms with Crippen LogP contribution in [0.5, 0.6) is 0 Å². The number of hydrogen-bond acceptors (Lipinski definition) is 3. The maximum atomic E-state index is 11.8. The minimum absolute atomic E-state index is 0.0693. The molecule has 24 heavy (non-hydrogen) atoms. The zero-order valence-electron chi connectivity index (χ0n) is 13.9. The average Bonchev–Trinajstić information content (AvgIpc) is 2.61. The Hall–Kier alpha value is -2.62. The minimum atomic E-state index is -0.357. The summed E-state index contributed by atoms with van der Waals surface area (Å²) in [6, 6.07) is 19.7. The zero-order valence-corrected chi connectivity index (χ0v) is 13.9. The first kappa shape index (κ1) is 17.7. The molecule has 1 atom stereocenters. The van der Waals surface area contributed by atoms with E-state index in [4.69, 9.17) is 4.74 Å². The Labute approximate surface area is 142 Å². The van der Waals surface area contributed by atoms with Crippen LogP contribution in [0.15, 0.2) is 60.7 Å². The summed E-state index contributed by atoms with van der Waals surface area (Å²) < 4.78 is 5.05. The van der Waals surface area contributed by atoms with Gasteiger partial charge in [-0.15, -0.1) is 0 Å². The number of esters is 1. The van der Waals surface area contributed by atoms with Gasteiger partial charge in [-0.3, -0.25) is 9.59 Å². The smallest absolute Gasteiger partial charge is 0.306 e. The van der Waals surface area contributed by atoms with Crippen molar-refractivity contribution < 1.29 is 14.3 Å². The van der Waals surface area contributed by atoms with Gasteiger partial charge >= 0.3 is 5.97 Å². The molecule has 0 bridgehead atoms. The first-order chi connectivity index (χ1) is 11.6. The van der Waals surface area contributed by atoms with Gasteiger partial charge in [-0.05, 0) is 23.5 Å². The van der Waals surface area contributed by atoms with Crippen LogP contribution in [-0.4, -0.2) is 25.0 Å². The summed E-state index contributed by atoms with van der Waals surface area (Å²) in [5.41, 5.74) is 2.24. The van der Waals surface area contributed by atoms with E-state index in [0.29, 0.717) is 6.54 Å². The Morgan fingerprint density at radius 3 is 2.29 bits per heavy atom. The van der Waals surface area contributed by atoms with Gasteiger partial charge in [-0.1, -0.05) is 67.6 Å². The molecule has 0 aliphatic heterocycles. The van der Waals surface area contributed by atoms with Crippen molar-refractivity contribution in [3.05, 3.63) is 71.8 Å². The number of carbonyl (C=O) groups excluding carboxylic acids is 2. The lowest BCUT2D eigenvalue weighted by Crippen LogP contribution is -2.30. The van der Waals surface area contributed by atoms with Gasteiger partial charge in [-0.2, -0.15) is 0 Å².